The van der Waals surface area contributed by atoms with Crippen molar-refractivity contribution < 1.29 is 13.2 Å². The van der Waals surface area contributed by atoms with E-state index in [4.69, 9.17) is 11.6 Å². The smallest absolute Gasteiger partial charge is 0.366 e. The first-order chi connectivity index (χ1) is 9.40. The number of thioether (sulfide) groups is 1. The number of halogens is 4. The first-order valence-electron chi connectivity index (χ1n) is 6.42. The molecule has 0 bridgehead atoms. The summed E-state index contributed by atoms with van der Waals surface area (Å²) in [5.41, 5.74) is -0.820. The molecule has 0 aromatic carbocycles. The highest BCUT2D eigenvalue weighted by molar-refractivity contribution is 7.99. The highest BCUT2D eigenvalue weighted by Gasteiger charge is 2.32. The summed E-state index contributed by atoms with van der Waals surface area (Å²) in [6.45, 7) is 0. The van der Waals surface area contributed by atoms with Gasteiger partial charge in [0, 0.05) is 17.5 Å². The van der Waals surface area contributed by atoms with Crippen molar-refractivity contribution in [1.82, 2.24) is 4.98 Å². The normalized spacial score (nSPS) is 23.6. The van der Waals surface area contributed by atoms with Crippen LogP contribution in [0, 0.1) is 0 Å². The second-order valence-electron chi connectivity index (χ2n) is 4.91. The molecule has 112 valence electrons. The Labute approximate surface area is 125 Å². The summed E-state index contributed by atoms with van der Waals surface area (Å²) < 4.78 is 37.6. The molecule has 0 atom stereocenters. The lowest BCUT2D eigenvalue weighted by molar-refractivity contribution is -0.137. The van der Waals surface area contributed by atoms with Gasteiger partial charge in [-0.1, -0.05) is 11.6 Å². The molecule has 1 saturated carbocycles. The van der Waals surface area contributed by atoms with Gasteiger partial charge < -0.3 is 5.32 Å². The standard InChI is InChI=1S/C13H16ClF3N2S/c1-20-10-4-2-9(3-5-10)19-12-11(14)6-8(7-18-12)13(15,16)17/h6-7,9-10H,2-5H2,1H3,(H,18,19). The molecule has 1 aromatic heterocycles. The van der Waals surface area contributed by atoms with E-state index in [0.29, 0.717) is 11.1 Å². The fraction of sp³-hybridized carbons (Fsp3) is 0.615. The third-order valence-electron chi connectivity index (χ3n) is 3.52. The van der Waals surface area contributed by atoms with Gasteiger partial charge in [0.15, 0.2) is 0 Å². The average molecular weight is 325 g/mol. The molecule has 0 spiro atoms. The van der Waals surface area contributed by atoms with E-state index in [2.05, 4.69) is 16.6 Å². The Balaban J connectivity index is 2.00. The van der Waals surface area contributed by atoms with Crippen LogP contribution in [0.4, 0.5) is 19.0 Å². The quantitative estimate of drug-likeness (QED) is 0.861. The van der Waals surface area contributed by atoms with Crippen molar-refractivity contribution >= 4 is 29.2 Å². The van der Waals surface area contributed by atoms with Gasteiger partial charge in [-0.25, -0.2) is 4.98 Å². The van der Waals surface area contributed by atoms with E-state index < -0.39 is 11.7 Å². The van der Waals surface area contributed by atoms with E-state index >= 15 is 0 Å². The highest BCUT2D eigenvalue weighted by Crippen LogP contribution is 2.34. The summed E-state index contributed by atoms with van der Waals surface area (Å²) in [6.07, 6.45) is 2.71. The molecule has 1 aromatic rings. The molecule has 1 heterocycles. The molecule has 0 amide bonds. The maximum absolute atomic E-state index is 12.5. The SMILES string of the molecule is CSC1CCC(Nc2ncc(C(F)(F)F)cc2Cl)CC1. The summed E-state index contributed by atoms with van der Waals surface area (Å²) in [6, 6.07) is 1.16. The second kappa shape index (κ2) is 6.43. The van der Waals surface area contributed by atoms with Gasteiger partial charge in [0.05, 0.1) is 10.6 Å². The van der Waals surface area contributed by atoms with E-state index in [9.17, 15) is 13.2 Å². The molecule has 0 aliphatic heterocycles. The van der Waals surface area contributed by atoms with Crippen molar-refractivity contribution in [2.24, 2.45) is 0 Å². The molecular weight excluding hydrogens is 309 g/mol. The molecule has 1 N–H and O–H groups in total. The third kappa shape index (κ3) is 3.95. The van der Waals surface area contributed by atoms with Gasteiger partial charge in [-0.2, -0.15) is 24.9 Å². The van der Waals surface area contributed by atoms with Crippen LogP contribution in [0.15, 0.2) is 12.3 Å². The maximum atomic E-state index is 12.5. The molecule has 1 aliphatic rings. The first kappa shape index (κ1) is 15.8. The number of anilines is 1. The Bertz CT molecular complexity index is 459. The van der Waals surface area contributed by atoms with Crippen LogP contribution in [0.3, 0.4) is 0 Å². The van der Waals surface area contributed by atoms with Crippen molar-refractivity contribution in [3.8, 4) is 0 Å². The molecule has 1 aliphatic carbocycles. The second-order valence-corrected chi connectivity index (χ2v) is 6.45. The number of hydrogen-bond donors (Lipinski definition) is 1. The molecule has 0 saturated heterocycles. The van der Waals surface area contributed by atoms with Crippen LogP contribution in [-0.2, 0) is 6.18 Å². The van der Waals surface area contributed by atoms with Crippen molar-refractivity contribution in [2.75, 3.05) is 11.6 Å². The molecule has 2 nitrogen and oxygen atoms in total. The molecule has 0 unspecified atom stereocenters. The molecule has 20 heavy (non-hydrogen) atoms. The van der Waals surface area contributed by atoms with Crippen molar-refractivity contribution in [3.63, 3.8) is 0 Å². The van der Waals surface area contributed by atoms with Crippen LogP contribution in [0.5, 0.6) is 0 Å². The highest BCUT2D eigenvalue weighted by atomic mass is 35.5. The number of nitrogens with one attached hydrogen (secondary N) is 1. The molecule has 7 heteroatoms. The van der Waals surface area contributed by atoms with Gasteiger partial charge in [0.25, 0.3) is 0 Å². The number of rotatable bonds is 3. The van der Waals surface area contributed by atoms with Gasteiger partial charge in [0.1, 0.15) is 5.82 Å². The molecular formula is C13H16ClF3N2S. The van der Waals surface area contributed by atoms with Crippen LogP contribution in [-0.4, -0.2) is 22.5 Å². The number of alkyl halides is 3. The molecule has 0 radical (unpaired) electrons. The zero-order chi connectivity index (χ0) is 14.8. The minimum absolute atomic E-state index is 0.0202. The van der Waals surface area contributed by atoms with Gasteiger partial charge in [0.2, 0.25) is 0 Å². The lowest BCUT2D eigenvalue weighted by Gasteiger charge is -2.28. The predicted octanol–water partition coefficient (Wildman–Crippen LogP) is 4.84. The van der Waals surface area contributed by atoms with Crippen molar-refractivity contribution in [1.29, 1.82) is 0 Å². The van der Waals surface area contributed by atoms with Gasteiger partial charge in [-0.3, -0.25) is 0 Å². The Kier molecular flexibility index (Phi) is 5.07. The monoisotopic (exact) mass is 324 g/mol. The van der Waals surface area contributed by atoms with E-state index in [0.717, 1.165) is 37.9 Å². The van der Waals surface area contributed by atoms with Crippen molar-refractivity contribution in [2.45, 2.75) is 43.2 Å². The molecule has 2 rings (SSSR count). The zero-order valence-electron chi connectivity index (χ0n) is 11.0. The van der Waals surface area contributed by atoms with Crippen molar-refractivity contribution in [3.05, 3.63) is 22.8 Å². The Morgan fingerprint density at radius 1 is 1.30 bits per heavy atom. The summed E-state index contributed by atoms with van der Waals surface area (Å²) in [5, 5.41) is 3.86. The van der Waals surface area contributed by atoms with Gasteiger partial charge >= 0.3 is 6.18 Å². The van der Waals surface area contributed by atoms with E-state index in [1.807, 2.05) is 11.8 Å². The average Bonchev–Trinajstić information content (AvgIpc) is 2.41. The van der Waals surface area contributed by atoms with Gasteiger partial charge in [-0.15, -0.1) is 0 Å². The van der Waals surface area contributed by atoms with Crippen LogP contribution < -0.4 is 5.32 Å². The van der Waals surface area contributed by atoms with Crippen LogP contribution in [0.25, 0.3) is 0 Å². The van der Waals surface area contributed by atoms with Crippen LogP contribution in [0.2, 0.25) is 5.02 Å². The largest absolute Gasteiger partial charge is 0.417 e. The van der Waals surface area contributed by atoms with E-state index in [1.54, 1.807) is 0 Å². The molecule has 1 fully saturated rings. The summed E-state index contributed by atoms with van der Waals surface area (Å²) in [4.78, 5) is 3.81. The van der Waals surface area contributed by atoms with Gasteiger partial charge in [-0.05, 0) is 38.0 Å². The number of hydrogen-bond acceptors (Lipinski definition) is 3. The Morgan fingerprint density at radius 3 is 2.45 bits per heavy atom. The summed E-state index contributed by atoms with van der Waals surface area (Å²) in [7, 11) is 0. The zero-order valence-corrected chi connectivity index (χ0v) is 12.6. The number of aromatic nitrogens is 1. The predicted molar refractivity (Wildman–Crippen MR) is 77.4 cm³/mol. The maximum Gasteiger partial charge on any atom is 0.417 e. The topological polar surface area (TPSA) is 24.9 Å². The minimum Gasteiger partial charge on any atom is -0.366 e. The summed E-state index contributed by atoms with van der Waals surface area (Å²) in [5.74, 6) is 0.340. The third-order valence-corrected chi connectivity index (χ3v) is 4.94. The lowest BCUT2D eigenvalue weighted by atomic mass is 9.95. The number of nitrogens with zero attached hydrogens (tertiary/aromatic N) is 1. The van der Waals surface area contributed by atoms with Crippen LogP contribution in [0.1, 0.15) is 31.2 Å². The lowest BCUT2D eigenvalue weighted by Crippen LogP contribution is -2.27. The van der Waals surface area contributed by atoms with E-state index in [-0.39, 0.29) is 11.1 Å². The summed E-state index contributed by atoms with van der Waals surface area (Å²) >= 11 is 7.75. The minimum atomic E-state index is -4.41. The first-order valence-corrected chi connectivity index (χ1v) is 8.09. The fourth-order valence-electron chi connectivity index (χ4n) is 2.34. The Morgan fingerprint density at radius 2 is 1.95 bits per heavy atom. The Hall–Kier alpha value is -0.620. The number of pyridine rings is 1. The van der Waals surface area contributed by atoms with Crippen LogP contribution >= 0.6 is 23.4 Å². The fourth-order valence-corrected chi connectivity index (χ4v) is 3.30. The van der Waals surface area contributed by atoms with E-state index in [1.165, 1.54) is 0 Å².